The zero-order valence-electron chi connectivity index (χ0n) is 9.76. The van der Waals surface area contributed by atoms with Gasteiger partial charge < -0.3 is 10.1 Å². The van der Waals surface area contributed by atoms with Gasteiger partial charge in [0.1, 0.15) is 0 Å². The average Bonchev–Trinajstić information content (AvgIpc) is 2.40. The first kappa shape index (κ1) is 11.4. The van der Waals surface area contributed by atoms with Gasteiger partial charge in [-0.05, 0) is 12.0 Å². The summed E-state index contributed by atoms with van der Waals surface area (Å²) in [5.74, 6) is 1.17. The van der Waals surface area contributed by atoms with Gasteiger partial charge in [-0.2, -0.15) is 4.98 Å². The van der Waals surface area contributed by atoms with E-state index >= 15 is 0 Å². The highest BCUT2D eigenvalue weighted by molar-refractivity contribution is 5.28. The van der Waals surface area contributed by atoms with E-state index in [0.29, 0.717) is 11.8 Å². The fourth-order valence-corrected chi connectivity index (χ4v) is 1.50. The van der Waals surface area contributed by atoms with E-state index in [-0.39, 0.29) is 0 Å². The molecule has 1 N–H and O–H groups in total. The molecule has 0 aliphatic heterocycles. The summed E-state index contributed by atoms with van der Waals surface area (Å²) in [5, 5.41) is 3.17. The molecule has 0 saturated carbocycles. The van der Waals surface area contributed by atoms with Gasteiger partial charge >= 0.3 is 0 Å². The highest BCUT2D eigenvalue weighted by Crippen LogP contribution is 2.07. The fraction of sp³-hybridized carbons (Fsp3) is 0.231. The van der Waals surface area contributed by atoms with Crippen molar-refractivity contribution in [1.29, 1.82) is 0 Å². The highest BCUT2D eigenvalue weighted by Gasteiger charge is 1.98. The van der Waals surface area contributed by atoms with Crippen LogP contribution in [0.3, 0.4) is 0 Å². The molecular weight excluding hydrogens is 214 g/mol. The van der Waals surface area contributed by atoms with Crippen molar-refractivity contribution in [3.05, 3.63) is 48.2 Å². The smallest absolute Gasteiger partial charge is 0.225 e. The van der Waals surface area contributed by atoms with Crippen molar-refractivity contribution in [3.63, 3.8) is 0 Å². The summed E-state index contributed by atoms with van der Waals surface area (Å²) in [5.41, 5.74) is 1.29. The number of nitrogens with one attached hydrogen (secondary N) is 1. The number of ether oxygens (including phenoxy) is 1. The molecular formula is C13H15N3O. The molecule has 0 aliphatic carbocycles. The van der Waals surface area contributed by atoms with E-state index in [0.717, 1.165) is 13.0 Å². The molecule has 1 aromatic heterocycles. The van der Waals surface area contributed by atoms with E-state index in [2.05, 4.69) is 27.4 Å². The van der Waals surface area contributed by atoms with Crippen molar-refractivity contribution in [2.45, 2.75) is 6.42 Å². The number of hydrogen-bond acceptors (Lipinski definition) is 4. The molecule has 4 nitrogen and oxygen atoms in total. The Labute approximate surface area is 101 Å². The van der Waals surface area contributed by atoms with Gasteiger partial charge in [-0.1, -0.05) is 30.3 Å². The zero-order chi connectivity index (χ0) is 11.9. The molecule has 17 heavy (non-hydrogen) atoms. The van der Waals surface area contributed by atoms with Gasteiger partial charge in [0.05, 0.1) is 7.11 Å². The summed E-state index contributed by atoms with van der Waals surface area (Å²) in [6.07, 6.45) is 2.62. The Morgan fingerprint density at radius 1 is 1.18 bits per heavy atom. The summed E-state index contributed by atoms with van der Waals surface area (Å²) in [4.78, 5) is 8.29. The van der Waals surface area contributed by atoms with Crippen molar-refractivity contribution in [1.82, 2.24) is 9.97 Å². The lowest BCUT2D eigenvalue weighted by Crippen LogP contribution is -2.08. The fourth-order valence-electron chi connectivity index (χ4n) is 1.50. The monoisotopic (exact) mass is 229 g/mol. The van der Waals surface area contributed by atoms with Crippen LogP contribution >= 0.6 is 0 Å². The topological polar surface area (TPSA) is 47.0 Å². The number of methoxy groups -OCH3 is 1. The Balaban J connectivity index is 1.86. The van der Waals surface area contributed by atoms with Gasteiger partial charge in [-0.15, -0.1) is 0 Å². The number of anilines is 1. The van der Waals surface area contributed by atoms with Crippen LogP contribution in [0.15, 0.2) is 42.6 Å². The largest absolute Gasteiger partial charge is 0.481 e. The minimum Gasteiger partial charge on any atom is -0.481 e. The lowest BCUT2D eigenvalue weighted by molar-refractivity contribution is 0.397. The molecule has 0 aliphatic rings. The molecule has 2 rings (SSSR count). The molecule has 1 aromatic carbocycles. The van der Waals surface area contributed by atoms with Crippen LogP contribution in [-0.4, -0.2) is 23.6 Å². The molecule has 0 radical (unpaired) electrons. The third-order valence-corrected chi connectivity index (χ3v) is 2.38. The summed E-state index contributed by atoms with van der Waals surface area (Å²) in [6.45, 7) is 0.803. The van der Waals surface area contributed by atoms with Crippen LogP contribution in [-0.2, 0) is 6.42 Å². The van der Waals surface area contributed by atoms with Crippen LogP contribution < -0.4 is 10.1 Å². The van der Waals surface area contributed by atoms with Crippen molar-refractivity contribution >= 4 is 5.95 Å². The molecule has 0 amide bonds. The van der Waals surface area contributed by atoms with Crippen molar-refractivity contribution in [3.8, 4) is 5.88 Å². The van der Waals surface area contributed by atoms with Gasteiger partial charge in [0.15, 0.2) is 0 Å². The molecule has 2 aromatic rings. The molecule has 1 heterocycles. The van der Waals surface area contributed by atoms with E-state index in [4.69, 9.17) is 4.74 Å². The third kappa shape index (κ3) is 3.45. The number of hydrogen-bond donors (Lipinski definition) is 1. The predicted octanol–water partition coefficient (Wildman–Crippen LogP) is 2.14. The SMILES string of the molecule is COc1ccnc(NCCc2ccccc2)n1. The van der Waals surface area contributed by atoms with Crippen molar-refractivity contribution in [2.24, 2.45) is 0 Å². The lowest BCUT2D eigenvalue weighted by atomic mass is 10.1. The normalized spacial score (nSPS) is 9.94. The number of aromatic nitrogens is 2. The first-order valence-corrected chi connectivity index (χ1v) is 5.53. The summed E-state index contributed by atoms with van der Waals surface area (Å²) in [6, 6.07) is 12.0. The second kappa shape index (κ2) is 5.84. The molecule has 0 spiro atoms. The lowest BCUT2D eigenvalue weighted by Gasteiger charge is -2.05. The van der Waals surface area contributed by atoms with E-state index in [1.54, 1.807) is 19.4 Å². The third-order valence-electron chi connectivity index (χ3n) is 2.38. The summed E-state index contributed by atoms with van der Waals surface area (Å²) >= 11 is 0. The first-order chi connectivity index (χ1) is 8.38. The van der Waals surface area contributed by atoms with Crippen LogP contribution in [0, 0.1) is 0 Å². The van der Waals surface area contributed by atoms with Crippen LogP contribution in [0.5, 0.6) is 5.88 Å². The maximum atomic E-state index is 5.03. The quantitative estimate of drug-likeness (QED) is 0.853. The minimum absolute atomic E-state index is 0.571. The van der Waals surface area contributed by atoms with Crippen LogP contribution in [0.25, 0.3) is 0 Å². The highest BCUT2D eigenvalue weighted by atomic mass is 16.5. The van der Waals surface area contributed by atoms with Gasteiger partial charge in [0.25, 0.3) is 0 Å². The number of rotatable bonds is 5. The maximum absolute atomic E-state index is 5.03. The standard InChI is InChI=1S/C13H15N3O/c1-17-12-8-10-15-13(16-12)14-9-7-11-5-3-2-4-6-11/h2-6,8,10H,7,9H2,1H3,(H,14,15,16). The minimum atomic E-state index is 0.571. The zero-order valence-corrected chi connectivity index (χ0v) is 9.76. The van der Waals surface area contributed by atoms with E-state index in [9.17, 15) is 0 Å². The van der Waals surface area contributed by atoms with Gasteiger partial charge in [-0.25, -0.2) is 4.98 Å². The van der Waals surface area contributed by atoms with Crippen LogP contribution in [0.4, 0.5) is 5.95 Å². The molecule has 4 heteroatoms. The second-order valence-corrected chi connectivity index (χ2v) is 3.58. The van der Waals surface area contributed by atoms with E-state index in [1.807, 2.05) is 18.2 Å². The Morgan fingerprint density at radius 2 is 2.00 bits per heavy atom. The molecule has 0 unspecified atom stereocenters. The second-order valence-electron chi connectivity index (χ2n) is 3.58. The summed E-state index contributed by atoms with van der Waals surface area (Å²) in [7, 11) is 1.59. The Hall–Kier alpha value is -2.10. The van der Waals surface area contributed by atoms with Crippen LogP contribution in [0.2, 0.25) is 0 Å². The van der Waals surface area contributed by atoms with Crippen LogP contribution in [0.1, 0.15) is 5.56 Å². The molecule has 0 atom stereocenters. The van der Waals surface area contributed by atoms with E-state index < -0.39 is 0 Å². The van der Waals surface area contributed by atoms with Gasteiger partial charge in [0.2, 0.25) is 11.8 Å². The predicted molar refractivity (Wildman–Crippen MR) is 67.2 cm³/mol. The first-order valence-electron chi connectivity index (χ1n) is 5.53. The number of nitrogens with zero attached hydrogens (tertiary/aromatic N) is 2. The maximum Gasteiger partial charge on any atom is 0.225 e. The average molecular weight is 229 g/mol. The molecule has 0 fully saturated rings. The molecule has 0 saturated heterocycles. The van der Waals surface area contributed by atoms with E-state index in [1.165, 1.54) is 5.56 Å². The Bertz CT molecular complexity index is 459. The van der Waals surface area contributed by atoms with Crippen molar-refractivity contribution in [2.75, 3.05) is 19.0 Å². The Kier molecular flexibility index (Phi) is 3.91. The molecule has 0 bridgehead atoms. The Morgan fingerprint density at radius 3 is 2.76 bits per heavy atom. The van der Waals surface area contributed by atoms with Gasteiger partial charge in [-0.3, -0.25) is 0 Å². The van der Waals surface area contributed by atoms with Crippen molar-refractivity contribution < 1.29 is 4.74 Å². The summed E-state index contributed by atoms with van der Waals surface area (Å²) < 4.78 is 5.03. The van der Waals surface area contributed by atoms with Gasteiger partial charge in [0, 0.05) is 18.8 Å². The molecule has 88 valence electrons. The number of benzene rings is 1.